The van der Waals surface area contributed by atoms with Crippen molar-refractivity contribution in [3.63, 3.8) is 0 Å². The van der Waals surface area contributed by atoms with Crippen molar-refractivity contribution in [3.05, 3.63) is 0 Å². The van der Waals surface area contributed by atoms with E-state index in [-0.39, 0.29) is 11.8 Å². The summed E-state index contributed by atoms with van der Waals surface area (Å²) in [5.74, 6) is 0.619. The standard InChI is InChI=1S/C21H46O7Si2/c1-19(15-11-9-13-17-29(23-3,24-4)25-5)21(22)20(2)16-12-10-14-18-30(26-6,27-7)28-8/h19-20H,9-18H2,1-8H3. The molecule has 0 saturated heterocycles. The molecule has 0 aliphatic carbocycles. The zero-order chi connectivity index (χ0) is 23.0. The molecule has 0 radical (unpaired) electrons. The Morgan fingerprint density at radius 1 is 0.567 bits per heavy atom. The first-order valence-electron chi connectivity index (χ1n) is 11.1. The molecule has 0 bridgehead atoms. The lowest BCUT2D eigenvalue weighted by molar-refractivity contribution is -0.126. The van der Waals surface area contributed by atoms with Gasteiger partial charge in [0.2, 0.25) is 0 Å². The summed E-state index contributed by atoms with van der Waals surface area (Å²) < 4.78 is 32.7. The third kappa shape index (κ3) is 10.5. The molecule has 180 valence electrons. The van der Waals surface area contributed by atoms with Crippen LogP contribution in [0.4, 0.5) is 0 Å². The van der Waals surface area contributed by atoms with Gasteiger partial charge in [0.15, 0.2) is 0 Å². The van der Waals surface area contributed by atoms with Gasteiger partial charge in [0.05, 0.1) is 0 Å². The Bertz CT molecular complexity index is 389. The average molecular weight is 467 g/mol. The fourth-order valence-corrected chi connectivity index (χ4v) is 7.41. The van der Waals surface area contributed by atoms with E-state index in [2.05, 4.69) is 13.8 Å². The Morgan fingerprint density at radius 3 is 1.13 bits per heavy atom. The quantitative estimate of drug-likeness (QED) is 0.190. The minimum atomic E-state index is -2.46. The monoisotopic (exact) mass is 466 g/mol. The highest BCUT2D eigenvalue weighted by molar-refractivity contribution is 6.60. The molecule has 30 heavy (non-hydrogen) atoms. The maximum Gasteiger partial charge on any atom is 0.500 e. The predicted molar refractivity (Wildman–Crippen MR) is 123 cm³/mol. The van der Waals surface area contributed by atoms with E-state index in [0.29, 0.717) is 5.78 Å². The minimum Gasteiger partial charge on any atom is -0.377 e. The fourth-order valence-electron chi connectivity index (χ4n) is 3.82. The first kappa shape index (κ1) is 29.9. The summed E-state index contributed by atoms with van der Waals surface area (Å²) in [5, 5.41) is 0. The molecule has 0 spiro atoms. The molecular weight excluding hydrogens is 420 g/mol. The van der Waals surface area contributed by atoms with Crippen molar-refractivity contribution in [2.75, 3.05) is 42.7 Å². The zero-order valence-electron chi connectivity index (χ0n) is 20.6. The molecule has 2 unspecified atom stereocenters. The smallest absolute Gasteiger partial charge is 0.377 e. The van der Waals surface area contributed by atoms with Crippen LogP contribution in [0.3, 0.4) is 0 Å². The van der Waals surface area contributed by atoms with Gasteiger partial charge in [-0.05, 0) is 25.7 Å². The minimum absolute atomic E-state index is 0.116. The Kier molecular flexibility index (Phi) is 16.4. The summed E-state index contributed by atoms with van der Waals surface area (Å²) in [4.78, 5) is 12.7. The molecule has 0 aromatic heterocycles. The Labute approximate surface area is 186 Å². The van der Waals surface area contributed by atoms with Crippen molar-refractivity contribution in [2.24, 2.45) is 11.8 Å². The van der Waals surface area contributed by atoms with Gasteiger partial charge >= 0.3 is 17.6 Å². The predicted octanol–water partition coefficient (Wildman–Crippen LogP) is 4.70. The largest absolute Gasteiger partial charge is 0.500 e. The molecule has 0 amide bonds. The summed E-state index contributed by atoms with van der Waals surface area (Å²) in [6.07, 6.45) is 8.06. The molecule has 9 heteroatoms. The normalized spacial score (nSPS) is 14.7. The van der Waals surface area contributed by atoms with Crippen molar-refractivity contribution < 1.29 is 31.4 Å². The van der Waals surface area contributed by atoms with Crippen LogP contribution in [0.5, 0.6) is 0 Å². The van der Waals surface area contributed by atoms with Crippen LogP contribution in [0.2, 0.25) is 12.1 Å². The first-order valence-corrected chi connectivity index (χ1v) is 15.0. The van der Waals surface area contributed by atoms with Crippen molar-refractivity contribution in [1.29, 1.82) is 0 Å². The molecule has 0 aromatic rings. The van der Waals surface area contributed by atoms with Gasteiger partial charge in [-0.15, -0.1) is 0 Å². The van der Waals surface area contributed by atoms with Crippen LogP contribution < -0.4 is 0 Å². The Morgan fingerprint density at radius 2 is 0.867 bits per heavy atom. The van der Waals surface area contributed by atoms with Gasteiger partial charge < -0.3 is 26.6 Å². The number of hydrogen-bond acceptors (Lipinski definition) is 7. The van der Waals surface area contributed by atoms with Crippen LogP contribution in [0.15, 0.2) is 0 Å². The van der Waals surface area contributed by atoms with E-state index in [1.54, 1.807) is 42.7 Å². The molecule has 0 aromatic carbocycles. The molecule has 0 fully saturated rings. The fraction of sp³-hybridized carbons (Fsp3) is 0.952. The highest BCUT2D eigenvalue weighted by Crippen LogP contribution is 2.23. The van der Waals surface area contributed by atoms with Crippen LogP contribution in [-0.2, 0) is 31.4 Å². The highest BCUT2D eigenvalue weighted by Gasteiger charge is 2.37. The number of carbonyl (C=O) groups excluding carboxylic acids is 1. The third-order valence-electron chi connectivity index (χ3n) is 6.08. The topological polar surface area (TPSA) is 72.5 Å². The number of ketones is 1. The van der Waals surface area contributed by atoms with Gasteiger partial charge in [0.25, 0.3) is 0 Å². The molecule has 7 nitrogen and oxygen atoms in total. The summed E-state index contributed by atoms with van der Waals surface area (Å²) in [7, 11) is 4.94. The number of unbranched alkanes of at least 4 members (excludes halogenated alkanes) is 4. The Balaban J connectivity index is 4.05. The molecule has 0 N–H and O–H groups in total. The maximum absolute atomic E-state index is 12.7. The highest BCUT2D eigenvalue weighted by atomic mass is 28.4. The van der Waals surface area contributed by atoms with E-state index in [4.69, 9.17) is 26.6 Å². The van der Waals surface area contributed by atoms with Crippen LogP contribution >= 0.6 is 0 Å². The van der Waals surface area contributed by atoms with Crippen molar-refractivity contribution in [3.8, 4) is 0 Å². The lowest BCUT2D eigenvalue weighted by Gasteiger charge is -2.24. The number of Topliss-reactive ketones (excluding diaryl/α,β-unsaturated/α-hetero) is 1. The van der Waals surface area contributed by atoms with Gasteiger partial charge in [0, 0.05) is 66.6 Å². The van der Waals surface area contributed by atoms with E-state index < -0.39 is 17.6 Å². The molecule has 0 aliphatic rings. The average Bonchev–Trinajstić information content (AvgIpc) is 2.78. The Hall–Kier alpha value is -0.136. The first-order chi connectivity index (χ1) is 14.3. The van der Waals surface area contributed by atoms with E-state index in [9.17, 15) is 4.79 Å². The van der Waals surface area contributed by atoms with Gasteiger partial charge in [-0.1, -0.05) is 39.5 Å². The second kappa shape index (κ2) is 16.5. The van der Waals surface area contributed by atoms with E-state index in [1.165, 1.54) is 0 Å². The SMILES string of the molecule is CO[Si](CCCCCC(C)C(=O)C(C)CCCCC[Si](OC)(OC)OC)(OC)OC. The van der Waals surface area contributed by atoms with Gasteiger partial charge in [-0.25, -0.2) is 0 Å². The van der Waals surface area contributed by atoms with Crippen molar-refractivity contribution in [2.45, 2.75) is 77.3 Å². The molecule has 2 atom stereocenters. The second-order valence-electron chi connectivity index (χ2n) is 7.99. The maximum atomic E-state index is 12.7. The number of rotatable bonds is 20. The van der Waals surface area contributed by atoms with Crippen molar-refractivity contribution in [1.82, 2.24) is 0 Å². The molecule has 0 rings (SSSR count). The molecule has 0 heterocycles. The molecular formula is C21H46O7Si2. The number of carbonyl (C=O) groups is 1. The summed E-state index contributed by atoms with van der Waals surface area (Å²) in [6, 6.07) is 1.63. The number of hydrogen-bond donors (Lipinski definition) is 0. The summed E-state index contributed by atoms with van der Waals surface area (Å²) in [5.41, 5.74) is 0. The van der Waals surface area contributed by atoms with Gasteiger partial charge in [-0.2, -0.15) is 0 Å². The summed E-state index contributed by atoms with van der Waals surface area (Å²) in [6.45, 7) is 4.13. The molecule has 0 aliphatic heterocycles. The third-order valence-corrected chi connectivity index (χ3v) is 11.7. The summed E-state index contributed by atoms with van der Waals surface area (Å²) >= 11 is 0. The van der Waals surface area contributed by atoms with E-state index >= 15 is 0 Å². The lowest BCUT2D eigenvalue weighted by atomic mass is 9.88. The van der Waals surface area contributed by atoms with Crippen LogP contribution in [-0.4, -0.2) is 66.1 Å². The van der Waals surface area contributed by atoms with E-state index in [1.807, 2.05) is 0 Å². The van der Waals surface area contributed by atoms with Crippen LogP contribution in [0.1, 0.15) is 65.2 Å². The van der Waals surface area contributed by atoms with Crippen LogP contribution in [0.25, 0.3) is 0 Å². The van der Waals surface area contributed by atoms with Gasteiger partial charge in [-0.3, -0.25) is 4.79 Å². The molecule has 0 saturated carbocycles. The lowest BCUT2D eigenvalue weighted by Crippen LogP contribution is -2.42. The zero-order valence-corrected chi connectivity index (χ0v) is 22.6. The van der Waals surface area contributed by atoms with Crippen LogP contribution in [0, 0.1) is 11.8 Å². The van der Waals surface area contributed by atoms with Crippen molar-refractivity contribution >= 4 is 23.4 Å². The second-order valence-corrected chi connectivity index (χ2v) is 14.2. The van der Waals surface area contributed by atoms with Gasteiger partial charge in [0.1, 0.15) is 5.78 Å². The van der Waals surface area contributed by atoms with E-state index in [0.717, 1.165) is 63.5 Å².